The van der Waals surface area contributed by atoms with Crippen LogP contribution in [0, 0.1) is 10.1 Å². The van der Waals surface area contributed by atoms with Crippen molar-refractivity contribution in [3.63, 3.8) is 0 Å². The number of halogens is 3. The number of nitro benzene ring substituents is 1. The molecule has 1 heterocycles. The van der Waals surface area contributed by atoms with Gasteiger partial charge in [-0.05, 0) is 41.8 Å². The van der Waals surface area contributed by atoms with Crippen molar-refractivity contribution in [2.45, 2.75) is 32.2 Å². The average Bonchev–Trinajstić information content (AvgIpc) is 3.20. The zero-order valence-electron chi connectivity index (χ0n) is 18.3. The molecule has 0 bridgehead atoms. The van der Waals surface area contributed by atoms with Gasteiger partial charge in [-0.3, -0.25) is 15.0 Å². The Kier molecular flexibility index (Phi) is 8.24. The molecule has 1 aromatic heterocycles. The quantitative estimate of drug-likeness (QED) is 0.215. The molecular formula is C24H26F3N3O3. The van der Waals surface area contributed by atoms with Crippen LogP contribution in [0.5, 0.6) is 0 Å². The van der Waals surface area contributed by atoms with Gasteiger partial charge in [-0.1, -0.05) is 24.3 Å². The molecule has 0 saturated carbocycles. The Morgan fingerprint density at radius 2 is 1.67 bits per heavy atom. The van der Waals surface area contributed by atoms with Gasteiger partial charge in [0.1, 0.15) is 0 Å². The predicted octanol–water partition coefficient (Wildman–Crippen LogP) is 5.50. The number of aromatic nitrogens is 1. The summed E-state index contributed by atoms with van der Waals surface area (Å²) in [6.45, 7) is 3.06. The maximum absolute atomic E-state index is 12.8. The van der Waals surface area contributed by atoms with Gasteiger partial charge in [-0.15, -0.1) is 0 Å². The summed E-state index contributed by atoms with van der Waals surface area (Å²) < 4.78 is 45.6. The highest BCUT2D eigenvalue weighted by molar-refractivity contribution is 5.33. The van der Waals surface area contributed by atoms with Crippen molar-refractivity contribution in [1.29, 1.82) is 0 Å². The van der Waals surface area contributed by atoms with E-state index in [4.69, 9.17) is 4.74 Å². The lowest BCUT2D eigenvalue weighted by molar-refractivity contribution is -0.384. The molecule has 0 aliphatic carbocycles. The van der Waals surface area contributed by atoms with Crippen molar-refractivity contribution in [3.8, 4) is 0 Å². The van der Waals surface area contributed by atoms with Gasteiger partial charge in [-0.2, -0.15) is 13.2 Å². The first-order valence-electron chi connectivity index (χ1n) is 10.5. The van der Waals surface area contributed by atoms with Gasteiger partial charge in [-0.25, -0.2) is 0 Å². The van der Waals surface area contributed by atoms with E-state index in [1.807, 2.05) is 22.9 Å². The molecule has 0 amide bonds. The normalized spacial score (nSPS) is 11.8. The first kappa shape index (κ1) is 24.5. The van der Waals surface area contributed by atoms with Crippen LogP contribution in [0.25, 0.3) is 0 Å². The van der Waals surface area contributed by atoms with Gasteiger partial charge < -0.3 is 9.30 Å². The van der Waals surface area contributed by atoms with Crippen LogP contribution in [0.4, 0.5) is 18.9 Å². The summed E-state index contributed by atoms with van der Waals surface area (Å²) >= 11 is 0. The standard InChI is InChI=1S/C24H26F3N3O3/c1-33-15-3-13-28(16-19-7-11-22(12-8-19)30(31)32)18-23-4-2-14-29(23)17-20-5-9-21(10-6-20)24(25,26)27/h2,4-12,14H,3,13,15-18H2,1H3. The van der Waals surface area contributed by atoms with E-state index in [2.05, 4.69) is 4.90 Å². The van der Waals surface area contributed by atoms with Crippen molar-refractivity contribution < 1.29 is 22.8 Å². The fourth-order valence-corrected chi connectivity index (χ4v) is 3.60. The molecule has 0 aliphatic heterocycles. The summed E-state index contributed by atoms with van der Waals surface area (Å²) in [7, 11) is 1.65. The predicted molar refractivity (Wildman–Crippen MR) is 119 cm³/mol. The summed E-state index contributed by atoms with van der Waals surface area (Å²) in [5.41, 5.74) is 2.15. The molecule has 176 valence electrons. The van der Waals surface area contributed by atoms with Crippen molar-refractivity contribution in [2.24, 2.45) is 0 Å². The van der Waals surface area contributed by atoms with E-state index in [1.165, 1.54) is 24.3 Å². The van der Waals surface area contributed by atoms with E-state index in [-0.39, 0.29) is 5.69 Å². The van der Waals surface area contributed by atoms with Gasteiger partial charge in [0.25, 0.3) is 5.69 Å². The lowest BCUT2D eigenvalue weighted by Crippen LogP contribution is -2.26. The number of nitrogens with zero attached hydrogens (tertiary/aromatic N) is 3. The molecule has 0 atom stereocenters. The fraction of sp³-hybridized carbons (Fsp3) is 0.333. The molecule has 6 nitrogen and oxygen atoms in total. The number of hydrogen-bond donors (Lipinski definition) is 0. The van der Waals surface area contributed by atoms with E-state index < -0.39 is 16.7 Å². The van der Waals surface area contributed by atoms with E-state index in [1.54, 1.807) is 19.2 Å². The molecule has 3 aromatic rings. The maximum Gasteiger partial charge on any atom is 0.416 e. The van der Waals surface area contributed by atoms with Crippen molar-refractivity contribution >= 4 is 5.69 Å². The first-order valence-corrected chi connectivity index (χ1v) is 10.5. The minimum absolute atomic E-state index is 0.0510. The number of benzene rings is 2. The third-order valence-corrected chi connectivity index (χ3v) is 5.32. The Balaban J connectivity index is 1.71. The monoisotopic (exact) mass is 461 g/mol. The molecule has 0 radical (unpaired) electrons. The molecule has 0 saturated heterocycles. The molecule has 0 unspecified atom stereocenters. The lowest BCUT2D eigenvalue weighted by atomic mass is 10.1. The number of nitro groups is 1. The highest BCUT2D eigenvalue weighted by atomic mass is 19.4. The largest absolute Gasteiger partial charge is 0.416 e. The maximum atomic E-state index is 12.8. The minimum Gasteiger partial charge on any atom is -0.385 e. The number of non-ortho nitro benzene ring substituents is 1. The molecule has 0 fully saturated rings. The third kappa shape index (κ3) is 7.16. The summed E-state index contributed by atoms with van der Waals surface area (Å²) in [5, 5.41) is 10.9. The van der Waals surface area contributed by atoms with Gasteiger partial charge in [0, 0.05) is 63.9 Å². The van der Waals surface area contributed by atoms with Crippen LogP contribution in [0.3, 0.4) is 0 Å². The van der Waals surface area contributed by atoms with E-state index in [9.17, 15) is 23.3 Å². The van der Waals surface area contributed by atoms with Crippen LogP contribution in [0.1, 0.15) is 28.8 Å². The van der Waals surface area contributed by atoms with Crippen LogP contribution < -0.4 is 0 Å². The summed E-state index contributed by atoms with van der Waals surface area (Å²) in [5.74, 6) is 0. The minimum atomic E-state index is -4.35. The Labute approximate surface area is 190 Å². The molecule has 33 heavy (non-hydrogen) atoms. The number of hydrogen-bond acceptors (Lipinski definition) is 4. The van der Waals surface area contributed by atoms with Gasteiger partial charge in [0.15, 0.2) is 0 Å². The SMILES string of the molecule is COCCCN(Cc1ccc([N+](=O)[O-])cc1)Cc1cccn1Cc1ccc(C(F)(F)F)cc1. The first-order chi connectivity index (χ1) is 15.8. The number of ether oxygens (including phenoxy) is 1. The van der Waals surface area contributed by atoms with Crippen molar-refractivity contribution in [2.75, 3.05) is 20.3 Å². The molecule has 3 rings (SSSR count). The van der Waals surface area contributed by atoms with Crippen LogP contribution in [0.15, 0.2) is 66.9 Å². The van der Waals surface area contributed by atoms with Crippen molar-refractivity contribution in [3.05, 3.63) is 99.4 Å². The number of alkyl halides is 3. The molecule has 0 spiro atoms. The Morgan fingerprint density at radius 3 is 2.27 bits per heavy atom. The Hall–Kier alpha value is -3.17. The molecule has 2 aromatic carbocycles. The zero-order valence-corrected chi connectivity index (χ0v) is 18.3. The van der Waals surface area contributed by atoms with Crippen LogP contribution >= 0.6 is 0 Å². The number of methoxy groups -OCH3 is 1. The average molecular weight is 461 g/mol. The van der Waals surface area contributed by atoms with Gasteiger partial charge >= 0.3 is 6.18 Å². The summed E-state index contributed by atoms with van der Waals surface area (Å²) in [6, 6.07) is 15.6. The van der Waals surface area contributed by atoms with Crippen molar-refractivity contribution in [1.82, 2.24) is 9.47 Å². The van der Waals surface area contributed by atoms with Crippen LogP contribution in [-0.4, -0.2) is 34.7 Å². The van der Waals surface area contributed by atoms with Gasteiger partial charge in [0.05, 0.1) is 10.5 Å². The highest BCUT2D eigenvalue weighted by Gasteiger charge is 2.29. The van der Waals surface area contributed by atoms with Gasteiger partial charge in [0.2, 0.25) is 0 Å². The Bertz CT molecular complexity index is 1030. The Morgan fingerprint density at radius 1 is 1.00 bits per heavy atom. The second-order valence-electron chi connectivity index (χ2n) is 7.80. The van der Waals surface area contributed by atoms with E-state index in [0.29, 0.717) is 26.2 Å². The number of rotatable bonds is 11. The summed E-state index contributed by atoms with van der Waals surface area (Å²) in [6.07, 6.45) is -1.62. The molecule has 9 heteroatoms. The third-order valence-electron chi connectivity index (χ3n) is 5.32. The molecule has 0 aliphatic rings. The molecule has 0 N–H and O–H groups in total. The van der Waals surface area contributed by atoms with E-state index in [0.717, 1.165) is 41.9 Å². The van der Waals surface area contributed by atoms with Crippen LogP contribution in [-0.2, 0) is 30.5 Å². The zero-order chi connectivity index (χ0) is 23.8. The van der Waals surface area contributed by atoms with Crippen LogP contribution in [0.2, 0.25) is 0 Å². The second-order valence-corrected chi connectivity index (χ2v) is 7.80. The smallest absolute Gasteiger partial charge is 0.385 e. The highest BCUT2D eigenvalue weighted by Crippen LogP contribution is 2.29. The topological polar surface area (TPSA) is 60.5 Å². The fourth-order valence-electron chi connectivity index (χ4n) is 3.60. The molecular weight excluding hydrogens is 435 g/mol. The second kappa shape index (κ2) is 11.1. The van der Waals surface area contributed by atoms with E-state index >= 15 is 0 Å². The summed E-state index contributed by atoms with van der Waals surface area (Å²) in [4.78, 5) is 12.7. The lowest BCUT2D eigenvalue weighted by Gasteiger charge is -2.23.